The van der Waals surface area contributed by atoms with Crippen molar-refractivity contribution in [3.63, 3.8) is 0 Å². The summed E-state index contributed by atoms with van der Waals surface area (Å²) in [6.07, 6.45) is -0.231. The Morgan fingerprint density at radius 1 is 1.11 bits per heavy atom. The zero-order valence-electron chi connectivity index (χ0n) is 14.9. The zero-order chi connectivity index (χ0) is 19.6. The lowest BCUT2D eigenvalue weighted by molar-refractivity contribution is -0.136. The number of nitrogens with zero attached hydrogens (tertiary/aromatic N) is 2. The van der Waals surface area contributed by atoms with Crippen LogP contribution in [0.25, 0.3) is 0 Å². The highest BCUT2D eigenvalue weighted by atomic mass is 32.2. The molecule has 0 radical (unpaired) electrons. The van der Waals surface area contributed by atoms with Crippen LogP contribution >= 0.6 is 0 Å². The minimum Gasteiger partial charge on any atom is -0.481 e. The molecule has 0 aromatic heterocycles. The average Bonchev–Trinajstić information content (AvgIpc) is 2.61. The summed E-state index contributed by atoms with van der Waals surface area (Å²) in [7, 11) is -3.74. The molecule has 2 aromatic rings. The van der Waals surface area contributed by atoms with Gasteiger partial charge in [-0.25, -0.2) is 12.8 Å². The fraction of sp³-hybridized carbons (Fsp3) is 0.316. The number of carboxylic acids is 1. The summed E-state index contributed by atoms with van der Waals surface area (Å²) in [6, 6.07) is 11.1. The quantitative estimate of drug-likeness (QED) is 0.845. The molecular formula is C19H21FN2O4S. The van der Waals surface area contributed by atoms with Crippen LogP contribution in [0.15, 0.2) is 47.4 Å². The first kappa shape index (κ1) is 19.3. The van der Waals surface area contributed by atoms with Gasteiger partial charge < -0.3 is 10.0 Å². The molecule has 1 aliphatic heterocycles. The van der Waals surface area contributed by atoms with Crippen molar-refractivity contribution in [1.29, 1.82) is 0 Å². The molecule has 0 amide bonds. The fourth-order valence-corrected chi connectivity index (χ4v) is 4.85. The molecule has 0 spiro atoms. The van der Waals surface area contributed by atoms with E-state index in [2.05, 4.69) is 0 Å². The van der Waals surface area contributed by atoms with Crippen molar-refractivity contribution >= 4 is 21.7 Å². The first-order chi connectivity index (χ1) is 12.8. The van der Waals surface area contributed by atoms with Crippen molar-refractivity contribution < 1.29 is 22.7 Å². The van der Waals surface area contributed by atoms with Gasteiger partial charge in [0.05, 0.1) is 17.0 Å². The number of anilines is 1. The maximum Gasteiger partial charge on any atom is 0.307 e. The Bertz CT molecular complexity index is 954. The fourth-order valence-electron chi connectivity index (χ4n) is 3.28. The standard InChI is InChI=1S/C19H21FN2O4S/c1-14-10-15(13-19(23)24)12-16(11-14)27(25,26)22-8-6-21(7-9-22)18-5-3-2-4-17(18)20/h2-5,10-12H,6-9,13H2,1H3,(H,23,24). The van der Waals surface area contributed by atoms with E-state index in [1.807, 2.05) is 4.90 Å². The molecule has 0 atom stereocenters. The summed E-state index contributed by atoms with van der Waals surface area (Å²) in [4.78, 5) is 12.9. The van der Waals surface area contributed by atoms with Crippen molar-refractivity contribution in [1.82, 2.24) is 4.31 Å². The van der Waals surface area contributed by atoms with Crippen LogP contribution in [0.2, 0.25) is 0 Å². The molecule has 2 aromatic carbocycles. The average molecular weight is 392 g/mol. The van der Waals surface area contributed by atoms with Gasteiger partial charge in [-0.05, 0) is 42.3 Å². The van der Waals surface area contributed by atoms with Crippen LogP contribution in [0.1, 0.15) is 11.1 Å². The molecule has 8 heteroatoms. The number of halogens is 1. The summed E-state index contributed by atoms with van der Waals surface area (Å²) in [5, 5.41) is 8.96. The number of para-hydroxylation sites is 1. The SMILES string of the molecule is Cc1cc(CC(=O)O)cc(S(=O)(=O)N2CCN(c3ccccc3F)CC2)c1. The Balaban J connectivity index is 1.78. The Hall–Kier alpha value is -2.45. The van der Waals surface area contributed by atoms with E-state index in [9.17, 15) is 17.6 Å². The highest BCUT2D eigenvalue weighted by Crippen LogP contribution is 2.24. The predicted octanol–water partition coefficient (Wildman–Crippen LogP) is 2.27. The molecule has 1 heterocycles. The van der Waals surface area contributed by atoms with Crippen LogP contribution in [0.3, 0.4) is 0 Å². The van der Waals surface area contributed by atoms with Gasteiger partial charge in [0, 0.05) is 26.2 Å². The summed E-state index contributed by atoms with van der Waals surface area (Å²) in [5.41, 5.74) is 1.61. The minimum atomic E-state index is -3.74. The van der Waals surface area contributed by atoms with Crippen LogP contribution < -0.4 is 4.90 Å². The molecule has 144 valence electrons. The first-order valence-electron chi connectivity index (χ1n) is 8.59. The van der Waals surface area contributed by atoms with Gasteiger partial charge in [-0.1, -0.05) is 18.2 Å². The van der Waals surface area contributed by atoms with Gasteiger partial charge >= 0.3 is 5.97 Å². The van der Waals surface area contributed by atoms with Gasteiger partial charge in [-0.2, -0.15) is 4.31 Å². The highest BCUT2D eigenvalue weighted by molar-refractivity contribution is 7.89. The maximum atomic E-state index is 13.9. The summed E-state index contributed by atoms with van der Waals surface area (Å²) >= 11 is 0. The summed E-state index contributed by atoms with van der Waals surface area (Å²) < 4.78 is 41.3. The number of rotatable bonds is 5. The minimum absolute atomic E-state index is 0.0955. The monoisotopic (exact) mass is 392 g/mol. The number of aliphatic carboxylic acids is 1. The third kappa shape index (κ3) is 4.28. The van der Waals surface area contributed by atoms with Crippen LogP contribution in [-0.4, -0.2) is 50.0 Å². The lowest BCUT2D eigenvalue weighted by Gasteiger charge is -2.35. The van der Waals surface area contributed by atoms with Crippen molar-refractivity contribution in [2.45, 2.75) is 18.2 Å². The van der Waals surface area contributed by atoms with Gasteiger partial charge in [-0.15, -0.1) is 0 Å². The van der Waals surface area contributed by atoms with Gasteiger partial charge in [0.25, 0.3) is 0 Å². The van der Waals surface area contributed by atoms with Crippen molar-refractivity contribution in [2.75, 3.05) is 31.1 Å². The Labute approximate surface area is 157 Å². The Morgan fingerprint density at radius 2 is 1.78 bits per heavy atom. The maximum absolute atomic E-state index is 13.9. The topological polar surface area (TPSA) is 77.9 Å². The number of carboxylic acid groups (broad SMARTS) is 1. The van der Waals surface area contributed by atoms with E-state index in [-0.39, 0.29) is 30.2 Å². The second-order valence-electron chi connectivity index (χ2n) is 6.57. The third-order valence-electron chi connectivity index (χ3n) is 4.54. The van der Waals surface area contributed by atoms with Crippen molar-refractivity contribution in [3.8, 4) is 0 Å². The summed E-state index contributed by atoms with van der Waals surface area (Å²) in [6.45, 7) is 2.97. The molecule has 0 saturated carbocycles. The molecular weight excluding hydrogens is 371 g/mol. The van der Waals surface area contributed by atoms with E-state index in [4.69, 9.17) is 5.11 Å². The van der Waals surface area contributed by atoms with Gasteiger partial charge in [0.2, 0.25) is 10.0 Å². The summed E-state index contributed by atoms with van der Waals surface area (Å²) in [5.74, 6) is -1.34. The van der Waals surface area contributed by atoms with E-state index in [1.54, 1.807) is 37.3 Å². The van der Waals surface area contributed by atoms with Gasteiger partial charge in [0.1, 0.15) is 5.82 Å². The molecule has 1 aliphatic rings. The normalized spacial score (nSPS) is 15.7. The zero-order valence-corrected chi connectivity index (χ0v) is 15.7. The molecule has 0 aliphatic carbocycles. The smallest absolute Gasteiger partial charge is 0.307 e. The molecule has 1 N–H and O–H groups in total. The highest BCUT2D eigenvalue weighted by Gasteiger charge is 2.29. The number of hydrogen-bond donors (Lipinski definition) is 1. The van der Waals surface area contributed by atoms with Crippen LogP contribution in [0.5, 0.6) is 0 Å². The van der Waals surface area contributed by atoms with E-state index in [0.29, 0.717) is 29.9 Å². The second-order valence-corrected chi connectivity index (χ2v) is 8.51. The van der Waals surface area contributed by atoms with Crippen LogP contribution in [0, 0.1) is 12.7 Å². The van der Waals surface area contributed by atoms with Crippen molar-refractivity contribution in [3.05, 3.63) is 59.4 Å². The molecule has 1 fully saturated rings. The van der Waals surface area contributed by atoms with Gasteiger partial charge in [-0.3, -0.25) is 4.79 Å². The van der Waals surface area contributed by atoms with E-state index < -0.39 is 16.0 Å². The number of sulfonamides is 1. The molecule has 27 heavy (non-hydrogen) atoms. The van der Waals surface area contributed by atoms with Crippen LogP contribution in [-0.2, 0) is 21.2 Å². The molecule has 6 nitrogen and oxygen atoms in total. The Kier molecular flexibility index (Phi) is 5.48. The lowest BCUT2D eigenvalue weighted by atomic mass is 10.1. The van der Waals surface area contributed by atoms with Gasteiger partial charge in [0.15, 0.2) is 0 Å². The van der Waals surface area contributed by atoms with E-state index in [1.165, 1.54) is 16.4 Å². The second kappa shape index (κ2) is 7.66. The molecule has 3 rings (SSSR count). The Morgan fingerprint density at radius 3 is 2.41 bits per heavy atom. The number of carbonyl (C=O) groups is 1. The molecule has 1 saturated heterocycles. The first-order valence-corrected chi connectivity index (χ1v) is 10.0. The lowest BCUT2D eigenvalue weighted by Crippen LogP contribution is -2.48. The van der Waals surface area contributed by atoms with Crippen molar-refractivity contribution in [2.24, 2.45) is 0 Å². The molecule has 0 bridgehead atoms. The number of piperazine rings is 1. The largest absolute Gasteiger partial charge is 0.481 e. The molecule has 0 unspecified atom stereocenters. The number of aryl methyl sites for hydroxylation is 1. The predicted molar refractivity (Wildman–Crippen MR) is 99.9 cm³/mol. The number of hydrogen-bond acceptors (Lipinski definition) is 4. The third-order valence-corrected chi connectivity index (χ3v) is 6.41. The van der Waals surface area contributed by atoms with E-state index in [0.717, 1.165) is 0 Å². The van der Waals surface area contributed by atoms with E-state index >= 15 is 0 Å². The number of benzene rings is 2. The van der Waals surface area contributed by atoms with Crippen LogP contribution in [0.4, 0.5) is 10.1 Å².